The molecule has 0 aliphatic heterocycles. The monoisotopic (exact) mass is 331 g/mol. The van der Waals surface area contributed by atoms with Crippen LogP contribution in [0, 0.1) is 0 Å². The van der Waals surface area contributed by atoms with Crippen LogP contribution in [0.25, 0.3) is 0 Å². The molecule has 5 heteroatoms. The molecule has 0 saturated heterocycles. The normalized spacial score (nSPS) is 16.7. The molecular formula is C19H29N3O2. The number of anilines is 1. The van der Waals surface area contributed by atoms with Crippen molar-refractivity contribution in [1.29, 1.82) is 0 Å². The summed E-state index contributed by atoms with van der Waals surface area (Å²) in [6, 6.07) is 7.79. The van der Waals surface area contributed by atoms with Crippen LogP contribution in [0.2, 0.25) is 0 Å². The van der Waals surface area contributed by atoms with E-state index in [0.29, 0.717) is 6.54 Å². The Morgan fingerprint density at radius 2 is 1.75 bits per heavy atom. The number of hydrogen-bond donors (Lipinski definition) is 2. The molecule has 0 radical (unpaired) electrons. The van der Waals surface area contributed by atoms with Gasteiger partial charge in [-0.05, 0) is 44.4 Å². The molecule has 132 valence electrons. The first-order valence-corrected chi connectivity index (χ1v) is 8.78. The van der Waals surface area contributed by atoms with Crippen molar-refractivity contribution < 1.29 is 9.59 Å². The van der Waals surface area contributed by atoms with E-state index >= 15 is 0 Å². The van der Waals surface area contributed by atoms with Crippen LogP contribution in [0.3, 0.4) is 0 Å². The van der Waals surface area contributed by atoms with E-state index in [9.17, 15) is 9.59 Å². The fourth-order valence-electron chi connectivity index (χ4n) is 3.21. The van der Waals surface area contributed by atoms with Crippen molar-refractivity contribution in [3.8, 4) is 0 Å². The van der Waals surface area contributed by atoms with Crippen LogP contribution in [0.4, 0.5) is 5.69 Å². The van der Waals surface area contributed by atoms with Crippen LogP contribution in [0.5, 0.6) is 0 Å². The molecule has 1 aromatic carbocycles. The summed E-state index contributed by atoms with van der Waals surface area (Å²) in [5.41, 5.74) is 7.31. The van der Waals surface area contributed by atoms with Crippen LogP contribution in [0.15, 0.2) is 24.3 Å². The molecule has 3 N–H and O–H groups in total. The standard InChI is InChI=1S/C19H29N3O2/c1-14(2)22(15(3)23)13-16-7-9-17(10-8-16)21-18(24)19(20)11-5-4-6-12-19/h7-10,14H,4-6,11-13,20H2,1-3H3,(H,21,24). The lowest BCUT2D eigenvalue weighted by Gasteiger charge is -2.31. The van der Waals surface area contributed by atoms with Gasteiger partial charge in [0.15, 0.2) is 0 Å². The molecule has 1 aromatic rings. The average molecular weight is 331 g/mol. The van der Waals surface area contributed by atoms with Crippen molar-refractivity contribution in [3.05, 3.63) is 29.8 Å². The minimum Gasteiger partial charge on any atom is -0.336 e. The number of rotatable bonds is 5. The SMILES string of the molecule is CC(=O)N(Cc1ccc(NC(=O)C2(N)CCCCC2)cc1)C(C)C. The van der Waals surface area contributed by atoms with Crippen LogP contribution in [-0.4, -0.2) is 28.3 Å². The second-order valence-electron chi connectivity index (χ2n) is 7.11. The maximum Gasteiger partial charge on any atom is 0.244 e. The number of hydrogen-bond acceptors (Lipinski definition) is 3. The zero-order valence-electron chi connectivity index (χ0n) is 15.0. The quantitative estimate of drug-likeness (QED) is 0.871. The van der Waals surface area contributed by atoms with Gasteiger partial charge in [0.25, 0.3) is 0 Å². The number of benzene rings is 1. The Morgan fingerprint density at radius 3 is 2.25 bits per heavy atom. The van der Waals surface area contributed by atoms with E-state index in [-0.39, 0.29) is 17.9 Å². The third kappa shape index (κ3) is 4.57. The number of amides is 2. The fraction of sp³-hybridized carbons (Fsp3) is 0.579. The lowest BCUT2D eigenvalue weighted by Crippen LogP contribution is -2.52. The Bertz CT molecular complexity index is 575. The van der Waals surface area contributed by atoms with Crippen molar-refractivity contribution in [1.82, 2.24) is 4.90 Å². The number of nitrogens with two attached hydrogens (primary N) is 1. The van der Waals surface area contributed by atoms with Gasteiger partial charge in [-0.25, -0.2) is 0 Å². The molecule has 0 aromatic heterocycles. The zero-order chi connectivity index (χ0) is 17.7. The summed E-state index contributed by atoms with van der Waals surface area (Å²) >= 11 is 0. The summed E-state index contributed by atoms with van der Waals surface area (Å²) < 4.78 is 0. The highest BCUT2D eigenvalue weighted by atomic mass is 16.2. The number of carbonyl (C=O) groups is 2. The van der Waals surface area contributed by atoms with E-state index in [0.717, 1.165) is 43.4 Å². The summed E-state index contributed by atoms with van der Waals surface area (Å²) in [4.78, 5) is 25.9. The molecule has 1 aliphatic rings. The third-order valence-electron chi connectivity index (χ3n) is 4.79. The summed E-state index contributed by atoms with van der Waals surface area (Å²) in [7, 11) is 0. The molecule has 2 rings (SSSR count). The number of carbonyl (C=O) groups excluding carboxylic acids is 2. The van der Waals surface area contributed by atoms with E-state index in [1.54, 1.807) is 6.92 Å². The first kappa shape index (κ1) is 18.5. The highest BCUT2D eigenvalue weighted by molar-refractivity contribution is 5.98. The van der Waals surface area contributed by atoms with Gasteiger partial charge in [-0.15, -0.1) is 0 Å². The Balaban J connectivity index is 1.99. The van der Waals surface area contributed by atoms with E-state index in [1.165, 1.54) is 0 Å². The topological polar surface area (TPSA) is 75.4 Å². The first-order chi connectivity index (χ1) is 11.3. The zero-order valence-corrected chi connectivity index (χ0v) is 15.0. The molecule has 0 atom stereocenters. The molecule has 24 heavy (non-hydrogen) atoms. The summed E-state index contributed by atoms with van der Waals surface area (Å²) in [6.07, 6.45) is 4.68. The minimum atomic E-state index is -0.736. The molecule has 5 nitrogen and oxygen atoms in total. The fourth-order valence-corrected chi connectivity index (χ4v) is 3.21. The van der Waals surface area contributed by atoms with Gasteiger partial charge < -0.3 is 16.0 Å². The van der Waals surface area contributed by atoms with Crippen molar-refractivity contribution in [3.63, 3.8) is 0 Å². The Morgan fingerprint density at radius 1 is 1.17 bits per heavy atom. The maximum atomic E-state index is 12.4. The van der Waals surface area contributed by atoms with Gasteiger partial charge in [0.1, 0.15) is 0 Å². The van der Waals surface area contributed by atoms with Crippen molar-refractivity contribution in [2.45, 2.75) is 71.0 Å². The molecule has 0 bridgehead atoms. The maximum absolute atomic E-state index is 12.4. The van der Waals surface area contributed by atoms with Gasteiger partial charge in [-0.2, -0.15) is 0 Å². The van der Waals surface area contributed by atoms with Crippen molar-refractivity contribution >= 4 is 17.5 Å². The predicted octanol–water partition coefficient (Wildman–Crippen LogP) is 3.04. The molecule has 0 unspecified atom stereocenters. The molecule has 1 saturated carbocycles. The van der Waals surface area contributed by atoms with Gasteiger partial charge in [-0.1, -0.05) is 31.4 Å². The number of nitrogens with one attached hydrogen (secondary N) is 1. The Hall–Kier alpha value is -1.88. The first-order valence-electron chi connectivity index (χ1n) is 8.78. The molecule has 0 heterocycles. The van der Waals surface area contributed by atoms with Crippen LogP contribution < -0.4 is 11.1 Å². The van der Waals surface area contributed by atoms with E-state index < -0.39 is 5.54 Å². The third-order valence-corrected chi connectivity index (χ3v) is 4.79. The highest BCUT2D eigenvalue weighted by Gasteiger charge is 2.35. The molecule has 2 amide bonds. The van der Waals surface area contributed by atoms with Crippen molar-refractivity contribution in [2.24, 2.45) is 5.73 Å². The van der Waals surface area contributed by atoms with E-state index in [2.05, 4.69) is 5.32 Å². The number of nitrogens with zero attached hydrogens (tertiary/aromatic N) is 1. The van der Waals surface area contributed by atoms with Crippen LogP contribution >= 0.6 is 0 Å². The van der Waals surface area contributed by atoms with Gasteiger partial charge in [0, 0.05) is 25.2 Å². The van der Waals surface area contributed by atoms with Crippen LogP contribution in [-0.2, 0) is 16.1 Å². The summed E-state index contributed by atoms with van der Waals surface area (Å²) in [5.74, 6) is -0.0350. The molecular weight excluding hydrogens is 302 g/mol. The smallest absolute Gasteiger partial charge is 0.244 e. The van der Waals surface area contributed by atoms with E-state index in [4.69, 9.17) is 5.73 Å². The van der Waals surface area contributed by atoms with Crippen molar-refractivity contribution in [2.75, 3.05) is 5.32 Å². The van der Waals surface area contributed by atoms with Gasteiger partial charge >= 0.3 is 0 Å². The second-order valence-corrected chi connectivity index (χ2v) is 7.11. The van der Waals surface area contributed by atoms with Crippen LogP contribution in [0.1, 0.15) is 58.4 Å². The lowest BCUT2D eigenvalue weighted by atomic mass is 9.82. The van der Waals surface area contributed by atoms with Gasteiger partial charge in [0.2, 0.25) is 11.8 Å². The van der Waals surface area contributed by atoms with E-state index in [1.807, 2.05) is 43.0 Å². The minimum absolute atomic E-state index is 0.0600. The lowest BCUT2D eigenvalue weighted by molar-refractivity contribution is -0.131. The van der Waals surface area contributed by atoms with Gasteiger partial charge in [0.05, 0.1) is 5.54 Å². The second kappa shape index (κ2) is 7.79. The highest BCUT2D eigenvalue weighted by Crippen LogP contribution is 2.27. The Labute approximate surface area is 144 Å². The molecule has 0 spiro atoms. The molecule has 1 aliphatic carbocycles. The molecule has 1 fully saturated rings. The largest absolute Gasteiger partial charge is 0.336 e. The summed E-state index contributed by atoms with van der Waals surface area (Å²) in [5, 5.41) is 2.93. The average Bonchev–Trinajstić information content (AvgIpc) is 2.54. The Kier molecular flexibility index (Phi) is 5.99. The summed E-state index contributed by atoms with van der Waals surface area (Å²) in [6.45, 7) is 6.16. The van der Waals surface area contributed by atoms with Gasteiger partial charge in [-0.3, -0.25) is 9.59 Å². The predicted molar refractivity (Wildman–Crippen MR) is 96.4 cm³/mol.